The minimum absolute atomic E-state index is 0.160. The summed E-state index contributed by atoms with van der Waals surface area (Å²) in [7, 11) is 0. The fourth-order valence-corrected chi connectivity index (χ4v) is 2.24. The van der Waals surface area contributed by atoms with E-state index in [0.29, 0.717) is 5.82 Å². The number of aromatic amines is 1. The van der Waals surface area contributed by atoms with Crippen LogP contribution in [0.15, 0.2) is 35.5 Å². The van der Waals surface area contributed by atoms with Crippen LogP contribution in [0.25, 0.3) is 0 Å². The largest absolute Gasteiger partial charge is 0.412 e. The summed E-state index contributed by atoms with van der Waals surface area (Å²) >= 11 is 0. The van der Waals surface area contributed by atoms with Gasteiger partial charge in [-0.15, -0.1) is 0 Å². The molecule has 1 amide bonds. The lowest BCUT2D eigenvalue weighted by Gasteiger charge is -2.21. The molecular weight excluding hydrogens is 325 g/mol. The van der Waals surface area contributed by atoms with Crippen LogP contribution < -0.4 is 10.9 Å². The van der Waals surface area contributed by atoms with E-state index in [4.69, 9.17) is 0 Å². The van der Waals surface area contributed by atoms with Gasteiger partial charge in [0.15, 0.2) is 6.04 Å². The first kappa shape index (κ1) is 16.2. The van der Waals surface area contributed by atoms with Crippen molar-refractivity contribution < 1.29 is 18.0 Å². The maximum Gasteiger partial charge on any atom is 0.412 e. The minimum atomic E-state index is -4.73. The summed E-state index contributed by atoms with van der Waals surface area (Å²) in [4.78, 5) is 34.1. The summed E-state index contributed by atoms with van der Waals surface area (Å²) in [6, 6.07) is 0.268. The highest BCUT2D eigenvalue weighted by molar-refractivity contribution is 5.93. The van der Waals surface area contributed by atoms with E-state index in [1.165, 1.54) is 18.3 Å². The second-order valence-electron chi connectivity index (χ2n) is 5.52. The summed E-state index contributed by atoms with van der Waals surface area (Å²) in [5.41, 5.74) is -1.44. The Labute approximate surface area is 134 Å². The Morgan fingerprint density at radius 1 is 1.33 bits per heavy atom. The van der Waals surface area contributed by atoms with Crippen LogP contribution in [0.1, 0.15) is 46.5 Å². The maximum absolute atomic E-state index is 13.2. The van der Waals surface area contributed by atoms with Crippen LogP contribution >= 0.6 is 0 Å². The Morgan fingerprint density at radius 2 is 2.08 bits per heavy atom. The molecule has 1 aliphatic rings. The molecule has 1 saturated carbocycles. The van der Waals surface area contributed by atoms with Crippen molar-refractivity contribution in [2.75, 3.05) is 0 Å². The standard InChI is InChI=1S/C15H13F3N4O2/c16-15(17,18)11(9-2-1-5-19-6-9)21-13(23)10-7-20-12(8-3-4-8)22-14(10)24/h1-2,5-8,11H,3-4H2,(H,21,23)(H,20,22,24). The van der Waals surface area contributed by atoms with Gasteiger partial charge < -0.3 is 10.3 Å². The van der Waals surface area contributed by atoms with Gasteiger partial charge >= 0.3 is 6.18 Å². The van der Waals surface area contributed by atoms with Crippen molar-refractivity contribution in [1.82, 2.24) is 20.3 Å². The molecule has 2 aromatic heterocycles. The highest BCUT2D eigenvalue weighted by atomic mass is 19.4. The number of hydrogen-bond donors (Lipinski definition) is 2. The van der Waals surface area contributed by atoms with Crippen LogP contribution in [-0.2, 0) is 0 Å². The summed E-state index contributed by atoms with van der Waals surface area (Å²) in [6.45, 7) is 0. The smallest absolute Gasteiger partial charge is 0.336 e. The third kappa shape index (κ3) is 3.44. The number of nitrogens with one attached hydrogen (secondary N) is 2. The van der Waals surface area contributed by atoms with Gasteiger partial charge in [-0.25, -0.2) is 4.98 Å². The number of alkyl halides is 3. The normalized spacial score (nSPS) is 15.8. The van der Waals surface area contributed by atoms with Crippen LogP contribution in [0.2, 0.25) is 0 Å². The molecule has 9 heteroatoms. The first-order valence-electron chi connectivity index (χ1n) is 7.23. The Hall–Kier alpha value is -2.71. The number of carbonyl (C=O) groups is 1. The second-order valence-corrected chi connectivity index (χ2v) is 5.52. The molecule has 1 aliphatic carbocycles. The molecule has 0 saturated heterocycles. The molecule has 0 aromatic carbocycles. The van der Waals surface area contributed by atoms with E-state index >= 15 is 0 Å². The highest BCUT2D eigenvalue weighted by Gasteiger charge is 2.42. The Morgan fingerprint density at radius 3 is 2.62 bits per heavy atom. The van der Waals surface area contributed by atoms with Crippen molar-refractivity contribution in [1.29, 1.82) is 0 Å². The van der Waals surface area contributed by atoms with E-state index < -0.39 is 29.2 Å². The van der Waals surface area contributed by atoms with Gasteiger partial charge in [0.2, 0.25) is 0 Å². The number of pyridine rings is 1. The van der Waals surface area contributed by atoms with Gasteiger partial charge in [0.1, 0.15) is 11.4 Å². The van der Waals surface area contributed by atoms with Gasteiger partial charge in [-0.2, -0.15) is 13.2 Å². The quantitative estimate of drug-likeness (QED) is 0.893. The van der Waals surface area contributed by atoms with Crippen molar-refractivity contribution in [3.63, 3.8) is 0 Å². The molecule has 24 heavy (non-hydrogen) atoms. The molecule has 1 unspecified atom stereocenters. The number of carbonyl (C=O) groups excluding carboxylic acids is 1. The van der Waals surface area contributed by atoms with Gasteiger partial charge in [-0.3, -0.25) is 14.6 Å². The first-order chi connectivity index (χ1) is 11.4. The molecule has 126 valence electrons. The predicted molar refractivity (Wildman–Crippen MR) is 77.3 cm³/mol. The molecule has 2 heterocycles. The lowest BCUT2D eigenvalue weighted by molar-refractivity contribution is -0.155. The van der Waals surface area contributed by atoms with E-state index in [1.54, 1.807) is 0 Å². The van der Waals surface area contributed by atoms with E-state index in [-0.39, 0.29) is 11.5 Å². The summed E-state index contributed by atoms with van der Waals surface area (Å²) in [5.74, 6) is -0.526. The van der Waals surface area contributed by atoms with Crippen molar-refractivity contribution in [3.05, 3.63) is 58.0 Å². The average Bonchev–Trinajstić information content (AvgIpc) is 3.37. The molecule has 0 bridgehead atoms. The maximum atomic E-state index is 13.2. The zero-order chi connectivity index (χ0) is 17.3. The number of amides is 1. The van der Waals surface area contributed by atoms with Crippen LogP contribution in [0.3, 0.4) is 0 Å². The van der Waals surface area contributed by atoms with E-state index in [0.717, 1.165) is 25.2 Å². The summed E-state index contributed by atoms with van der Waals surface area (Å²) in [5, 5.41) is 1.83. The SMILES string of the molecule is O=C(NC(c1cccnc1)C(F)(F)F)c1cnc(C2CC2)[nH]c1=O. The third-order valence-corrected chi connectivity index (χ3v) is 3.65. The Kier molecular flexibility index (Phi) is 4.08. The van der Waals surface area contributed by atoms with Crippen LogP contribution in [0, 0.1) is 0 Å². The van der Waals surface area contributed by atoms with Crippen LogP contribution in [-0.4, -0.2) is 27.0 Å². The number of nitrogens with zero attached hydrogens (tertiary/aromatic N) is 2. The van der Waals surface area contributed by atoms with Gasteiger partial charge in [0.25, 0.3) is 11.5 Å². The van der Waals surface area contributed by atoms with Crippen molar-refractivity contribution in [2.45, 2.75) is 31.0 Å². The minimum Gasteiger partial charge on any atom is -0.336 e. The number of hydrogen-bond acceptors (Lipinski definition) is 4. The molecule has 1 fully saturated rings. The fourth-order valence-electron chi connectivity index (χ4n) is 2.24. The van der Waals surface area contributed by atoms with E-state index in [2.05, 4.69) is 15.0 Å². The molecule has 0 radical (unpaired) electrons. The molecule has 1 atom stereocenters. The van der Waals surface area contributed by atoms with Crippen molar-refractivity contribution in [2.24, 2.45) is 0 Å². The molecule has 2 N–H and O–H groups in total. The molecule has 6 nitrogen and oxygen atoms in total. The Bertz CT molecular complexity index is 800. The van der Waals surface area contributed by atoms with Gasteiger partial charge in [0.05, 0.1) is 0 Å². The first-order valence-corrected chi connectivity index (χ1v) is 7.23. The molecule has 0 aliphatic heterocycles. The topological polar surface area (TPSA) is 87.7 Å². The summed E-state index contributed by atoms with van der Waals surface area (Å²) in [6.07, 6.45) is 0.406. The third-order valence-electron chi connectivity index (χ3n) is 3.65. The molecular formula is C15H13F3N4O2. The van der Waals surface area contributed by atoms with Crippen molar-refractivity contribution >= 4 is 5.91 Å². The molecule has 2 aromatic rings. The zero-order valence-corrected chi connectivity index (χ0v) is 12.3. The predicted octanol–water partition coefficient (Wildman–Crippen LogP) is 2.08. The molecule has 3 rings (SSSR count). The second kappa shape index (κ2) is 6.06. The molecule has 0 spiro atoms. The zero-order valence-electron chi connectivity index (χ0n) is 12.3. The number of H-pyrrole nitrogens is 1. The van der Waals surface area contributed by atoms with E-state index in [1.807, 2.05) is 5.32 Å². The van der Waals surface area contributed by atoms with Gasteiger partial charge in [-0.05, 0) is 18.9 Å². The van der Waals surface area contributed by atoms with Crippen molar-refractivity contribution in [3.8, 4) is 0 Å². The fraction of sp³-hybridized carbons (Fsp3) is 0.333. The number of halogens is 3. The van der Waals surface area contributed by atoms with E-state index in [9.17, 15) is 22.8 Å². The van der Waals surface area contributed by atoms with Gasteiger partial charge in [0, 0.05) is 30.1 Å². The highest BCUT2D eigenvalue weighted by Crippen LogP contribution is 2.37. The average molecular weight is 338 g/mol. The lowest BCUT2D eigenvalue weighted by atomic mass is 10.1. The van der Waals surface area contributed by atoms with Crippen LogP contribution in [0.5, 0.6) is 0 Å². The monoisotopic (exact) mass is 338 g/mol. The Balaban J connectivity index is 1.85. The number of aromatic nitrogens is 3. The van der Waals surface area contributed by atoms with Crippen LogP contribution in [0.4, 0.5) is 13.2 Å². The van der Waals surface area contributed by atoms with Gasteiger partial charge in [-0.1, -0.05) is 6.07 Å². The number of rotatable bonds is 4. The summed E-state index contributed by atoms with van der Waals surface area (Å²) < 4.78 is 39.6. The lowest BCUT2D eigenvalue weighted by Crippen LogP contribution is -2.40.